The van der Waals surface area contributed by atoms with Crippen molar-refractivity contribution in [2.75, 3.05) is 6.54 Å². The first-order valence-corrected chi connectivity index (χ1v) is 6.08. The van der Waals surface area contributed by atoms with Crippen molar-refractivity contribution in [2.24, 2.45) is 0 Å². The molecule has 1 fully saturated rings. The normalized spacial score (nSPS) is 20.8. The van der Waals surface area contributed by atoms with Gasteiger partial charge in [0.05, 0.1) is 11.6 Å². The fraction of sp³-hybridized carbons (Fsp3) is 0.364. The number of pyridine rings is 1. The zero-order valence-electron chi connectivity index (χ0n) is 8.58. The smallest absolute Gasteiger partial charge is 0.155 e. The average Bonchev–Trinajstić information content (AvgIpc) is 2.87. The summed E-state index contributed by atoms with van der Waals surface area (Å²) in [5, 5.41) is 4.62. The third-order valence-electron chi connectivity index (χ3n) is 2.96. The Morgan fingerprint density at radius 1 is 1.44 bits per heavy atom. The van der Waals surface area contributed by atoms with Gasteiger partial charge in [0.25, 0.3) is 0 Å². The van der Waals surface area contributed by atoms with E-state index < -0.39 is 0 Å². The summed E-state index contributed by atoms with van der Waals surface area (Å²) in [7, 11) is 0. The van der Waals surface area contributed by atoms with Gasteiger partial charge in [0.15, 0.2) is 5.15 Å². The molecule has 16 heavy (non-hydrogen) atoms. The minimum atomic E-state index is 0.307. The minimum Gasteiger partial charge on any atom is -0.307 e. The Bertz CT molecular complexity index is 529. The molecule has 1 N–H and O–H groups in total. The highest BCUT2D eigenvalue weighted by atomic mass is 35.5. The molecule has 1 unspecified atom stereocenters. The van der Waals surface area contributed by atoms with Crippen molar-refractivity contribution in [2.45, 2.75) is 18.9 Å². The van der Waals surface area contributed by atoms with Crippen LogP contribution < -0.4 is 5.32 Å². The van der Waals surface area contributed by atoms with Gasteiger partial charge < -0.3 is 9.72 Å². The standard InChI is InChI=1S/C11H11Cl2N3/c12-7-3-5-16-9(6-7)10(13)15-11(16)8-2-1-4-14-8/h3,5-6,8,14H,1-2,4H2. The van der Waals surface area contributed by atoms with Gasteiger partial charge in [-0.3, -0.25) is 0 Å². The van der Waals surface area contributed by atoms with E-state index in [0.29, 0.717) is 16.2 Å². The number of hydrogen-bond acceptors (Lipinski definition) is 2. The van der Waals surface area contributed by atoms with Gasteiger partial charge in [-0.1, -0.05) is 23.2 Å². The van der Waals surface area contributed by atoms with Crippen molar-refractivity contribution in [3.8, 4) is 0 Å². The van der Waals surface area contributed by atoms with Crippen molar-refractivity contribution >= 4 is 28.7 Å². The Balaban J connectivity index is 2.18. The summed E-state index contributed by atoms with van der Waals surface area (Å²) in [5.41, 5.74) is 0.873. The van der Waals surface area contributed by atoms with Crippen LogP contribution in [0.15, 0.2) is 18.3 Å². The first kappa shape index (κ1) is 10.4. The highest BCUT2D eigenvalue weighted by molar-refractivity contribution is 6.34. The van der Waals surface area contributed by atoms with Crippen LogP contribution in [0.1, 0.15) is 24.7 Å². The molecule has 1 aliphatic heterocycles. The molecular weight excluding hydrogens is 245 g/mol. The van der Waals surface area contributed by atoms with Crippen molar-refractivity contribution in [3.63, 3.8) is 0 Å². The third kappa shape index (κ3) is 1.59. The Kier molecular flexibility index (Phi) is 2.54. The summed E-state index contributed by atoms with van der Waals surface area (Å²) in [5.74, 6) is 0.981. The van der Waals surface area contributed by atoms with Crippen LogP contribution >= 0.6 is 23.2 Å². The topological polar surface area (TPSA) is 29.3 Å². The molecular formula is C11H11Cl2N3. The first-order chi connectivity index (χ1) is 7.75. The Labute approximate surface area is 103 Å². The molecule has 0 spiro atoms. The number of nitrogens with zero attached hydrogens (tertiary/aromatic N) is 2. The van der Waals surface area contributed by atoms with Crippen LogP contribution in [0.3, 0.4) is 0 Å². The molecule has 2 aromatic heterocycles. The molecule has 84 valence electrons. The van der Waals surface area contributed by atoms with Gasteiger partial charge in [-0.25, -0.2) is 4.98 Å². The summed E-state index contributed by atoms with van der Waals surface area (Å²) in [4.78, 5) is 4.42. The molecule has 3 nitrogen and oxygen atoms in total. The summed E-state index contributed by atoms with van der Waals surface area (Å²) in [6, 6.07) is 4.00. The molecule has 1 atom stereocenters. The van der Waals surface area contributed by atoms with Gasteiger partial charge in [-0.2, -0.15) is 0 Å². The fourth-order valence-corrected chi connectivity index (χ4v) is 2.59. The highest BCUT2D eigenvalue weighted by Crippen LogP contribution is 2.28. The number of halogens is 2. The first-order valence-electron chi connectivity index (χ1n) is 5.32. The minimum absolute atomic E-state index is 0.307. The van der Waals surface area contributed by atoms with E-state index in [1.807, 2.05) is 22.7 Å². The molecule has 3 rings (SSSR count). The maximum atomic E-state index is 6.11. The van der Waals surface area contributed by atoms with Crippen LogP contribution in [0.4, 0.5) is 0 Å². The number of nitrogens with one attached hydrogen (secondary N) is 1. The largest absolute Gasteiger partial charge is 0.307 e. The van der Waals surface area contributed by atoms with Crippen molar-refractivity contribution in [1.29, 1.82) is 0 Å². The van der Waals surface area contributed by atoms with E-state index in [1.54, 1.807) is 0 Å². The number of aromatic nitrogens is 2. The maximum Gasteiger partial charge on any atom is 0.155 e. The van der Waals surface area contributed by atoms with Gasteiger partial charge in [0.1, 0.15) is 5.82 Å². The molecule has 5 heteroatoms. The van der Waals surface area contributed by atoms with E-state index in [9.17, 15) is 0 Å². The highest BCUT2D eigenvalue weighted by Gasteiger charge is 2.22. The predicted octanol–water partition coefficient (Wildman–Crippen LogP) is 3.07. The molecule has 0 bridgehead atoms. The predicted molar refractivity (Wildman–Crippen MR) is 65.2 cm³/mol. The zero-order valence-corrected chi connectivity index (χ0v) is 10.1. The van der Waals surface area contributed by atoms with Gasteiger partial charge in [0, 0.05) is 11.2 Å². The number of imidazole rings is 1. The molecule has 0 aliphatic carbocycles. The average molecular weight is 256 g/mol. The van der Waals surface area contributed by atoms with Crippen LogP contribution in [-0.4, -0.2) is 15.9 Å². The summed E-state index contributed by atoms with van der Waals surface area (Å²) >= 11 is 12.1. The third-order valence-corrected chi connectivity index (χ3v) is 3.47. The molecule has 0 amide bonds. The second-order valence-corrected chi connectivity index (χ2v) is 4.80. The lowest BCUT2D eigenvalue weighted by Crippen LogP contribution is -2.15. The van der Waals surface area contributed by atoms with Gasteiger partial charge in [-0.15, -0.1) is 0 Å². The quantitative estimate of drug-likeness (QED) is 0.849. The summed E-state index contributed by atoms with van der Waals surface area (Å²) in [6.45, 7) is 1.05. The molecule has 1 saturated heterocycles. The Hall–Kier alpha value is -0.770. The van der Waals surface area contributed by atoms with Crippen molar-refractivity contribution in [1.82, 2.24) is 14.7 Å². The van der Waals surface area contributed by atoms with Crippen LogP contribution in [0.2, 0.25) is 10.2 Å². The number of fused-ring (bicyclic) bond motifs is 1. The van der Waals surface area contributed by atoms with E-state index in [2.05, 4.69) is 10.3 Å². The molecule has 0 aromatic carbocycles. The lowest BCUT2D eigenvalue weighted by atomic mass is 10.2. The van der Waals surface area contributed by atoms with Crippen molar-refractivity contribution in [3.05, 3.63) is 34.3 Å². The summed E-state index contributed by atoms with van der Waals surface area (Å²) in [6.07, 6.45) is 4.22. The number of rotatable bonds is 1. The lowest BCUT2D eigenvalue weighted by molar-refractivity contribution is 0.603. The fourth-order valence-electron chi connectivity index (χ4n) is 2.20. The molecule has 3 heterocycles. The van der Waals surface area contributed by atoms with Crippen molar-refractivity contribution < 1.29 is 0 Å². The Morgan fingerprint density at radius 3 is 3.06 bits per heavy atom. The van der Waals surface area contributed by atoms with E-state index in [0.717, 1.165) is 24.3 Å². The molecule has 2 aromatic rings. The zero-order chi connectivity index (χ0) is 11.1. The van der Waals surface area contributed by atoms with E-state index in [1.165, 1.54) is 6.42 Å². The molecule has 1 aliphatic rings. The summed E-state index contributed by atoms with van der Waals surface area (Å²) < 4.78 is 2.01. The van der Waals surface area contributed by atoms with Gasteiger partial charge >= 0.3 is 0 Å². The lowest BCUT2D eigenvalue weighted by Gasteiger charge is -2.08. The maximum absolute atomic E-state index is 6.11. The van der Waals surface area contributed by atoms with Crippen LogP contribution in [0, 0.1) is 0 Å². The monoisotopic (exact) mass is 255 g/mol. The van der Waals surface area contributed by atoms with E-state index >= 15 is 0 Å². The second kappa shape index (κ2) is 3.91. The molecule has 0 saturated carbocycles. The SMILES string of the molecule is Clc1ccn2c(C3CCCN3)nc(Cl)c2c1. The van der Waals surface area contributed by atoms with E-state index in [4.69, 9.17) is 23.2 Å². The second-order valence-electron chi connectivity index (χ2n) is 4.01. The number of hydrogen-bond donors (Lipinski definition) is 1. The van der Waals surface area contributed by atoms with Gasteiger partial charge in [-0.05, 0) is 31.5 Å². The van der Waals surface area contributed by atoms with Crippen LogP contribution in [0.5, 0.6) is 0 Å². The van der Waals surface area contributed by atoms with E-state index in [-0.39, 0.29) is 0 Å². The molecule has 0 radical (unpaired) electrons. The van der Waals surface area contributed by atoms with Crippen LogP contribution in [0.25, 0.3) is 5.52 Å². The Morgan fingerprint density at radius 2 is 2.31 bits per heavy atom. The van der Waals surface area contributed by atoms with Gasteiger partial charge in [0.2, 0.25) is 0 Å². The van der Waals surface area contributed by atoms with Crippen LogP contribution in [-0.2, 0) is 0 Å².